The van der Waals surface area contributed by atoms with Crippen LogP contribution in [0.3, 0.4) is 0 Å². The molecule has 49 valence electrons. The fourth-order valence-corrected chi connectivity index (χ4v) is 0.389. The van der Waals surface area contributed by atoms with Crippen molar-refractivity contribution < 1.29 is 9.53 Å². The van der Waals surface area contributed by atoms with Gasteiger partial charge in [0, 0.05) is 6.92 Å². The average Bonchev–Trinajstić information content (AvgIpc) is 1.87. The van der Waals surface area contributed by atoms with E-state index in [9.17, 15) is 4.79 Å². The van der Waals surface area contributed by atoms with E-state index in [1.54, 1.807) is 6.92 Å². The molecule has 0 bridgehead atoms. The lowest BCUT2D eigenvalue weighted by molar-refractivity contribution is -0.142. The molecule has 1 radical (unpaired) electrons. The number of methoxy groups -OCH3 is 1. The summed E-state index contributed by atoms with van der Waals surface area (Å²) in [5, 5.41) is 0. The summed E-state index contributed by atoms with van der Waals surface area (Å²) in [5.74, 6) is 4.27. The Labute approximate surface area is 55.2 Å². The van der Waals surface area contributed by atoms with Gasteiger partial charge in [0.05, 0.1) is 7.11 Å². The molecule has 0 aliphatic carbocycles. The van der Waals surface area contributed by atoms with Crippen LogP contribution in [0, 0.1) is 24.7 Å². The molecule has 2 heteroatoms. The van der Waals surface area contributed by atoms with Gasteiger partial charge in [0.1, 0.15) is 5.92 Å². The first-order chi connectivity index (χ1) is 4.22. The van der Waals surface area contributed by atoms with Crippen LogP contribution in [0.4, 0.5) is 0 Å². The third kappa shape index (κ3) is 2.76. The number of hydrogen-bond donors (Lipinski definition) is 0. The standard InChI is InChI=1S/C7H9O2/c1-4-5-6(2)7(8)9-3/h6H,1H2,2-3H3. The highest BCUT2D eigenvalue weighted by atomic mass is 16.5. The van der Waals surface area contributed by atoms with Gasteiger partial charge in [0.15, 0.2) is 0 Å². The van der Waals surface area contributed by atoms with Crippen LogP contribution >= 0.6 is 0 Å². The highest BCUT2D eigenvalue weighted by molar-refractivity contribution is 5.75. The van der Waals surface area contributed by atoms with Crippen molar-refractivity contribution in [3.05, 3.63) is 6.92 Å². The Bertz CT molecular complexity index is 150. The number of hydrogen-bond acceptors (Lipinski definition) is 2. The number of carbonyl (C=O) groups is 1. The molecular formula is C7H9O2. The average molecular weight is 125 g/mol. The van der Waals surface area contributed by atoms with Gasteiger partial charge in [0.2, 0.25) is 0 Å². The van der Waals surface area contributed by atoms with Crippen LogP contribution in [-0.2, 0) is 9.53 Å². The molecule has 0 amide bonds. The lowest BCUT2D eigenvalue weighted by atomic mass is 10.2. The van der Waals surface area contributed by atoms with E-state index in [0.29, 0.717) is 0 Å². The van der Waals surface area contributed by atoms with Crippen LogP contribution in [-0.4, -0.2) is 13.1 Å². The van der Waals surface area contributed by atoms with Crippen molar-refractivity contribution in [2.24, 2.45) is 5.92 Å². The van der Waals surface area contributed by atoms with E-state index in [2.05, 4.69) is 23.5 Å². The Kier molecular flexibility index (Phi) is 3.54. The fourth-order valence-electron chi connectivity index (χ4n) is 0.389. The Hall–Kier alpha value is -0.970. The highest BCUT2D eigenvalue weighted by Crippen LogP contribution is 1.93. The molecule has 0 saturated heterocycles. The Morgan fingerprint density at radius 1 is 1.78 bits per heavy atom. The quantitative estimate of drug-likeness (QED) is 0.379. The van der Waals surface area contributed by atoms with Crippen molar-refractivity contribution in [2.75, 3.05) is 7.11 Å². The summed E-state index contributed by atoms with van der Waals surface area (Å²) >= 11 is 0. The Morgan fingerprint density at radius 2 is 2.33 bits per heavy atom. The lowest BCUT2D eigenvalue weighted by Crippen LogP contribution is -2.09. The molecule has 0 N–H and O–H groups in total. The van der Waals surface area contributed by atoms with Crippen molar-refractivity contribution in [1.82, 2.24) is 0 Å². The smallest absolute Gasteiger partial charge is 0.320 e. The van der Waals surface area contributed by atoms with Crippen LogP contribution in [0.5, 0.6) is 0 Å². The van der Waals surface area contributed by atoms with Crippen LogP contribution in [0.1, 0.15) is 6.92 Å². The van der Waals surface area contributed by atoms with Gasteiger partial charge in [0.25, 0.3) is 0 Å². The van der Waals surface area contributed by atoms with E-state index in [1.165, 1.54) is 7.11 Å². The Balaban J connectivity index is 3.82. The first-order valence-electron chi connectivity index (χ1n) is 2.57. The second-order valence-electron chi connectivity index (χ2n) is 1.57. The summed E-state index contributed by atoms with van der Waals surface area (Å²) in [6.07, 6.45) is 0. The zero-order chi connectivity index (χ0) is 7.28. The van der Waals surface area contributed by atoms with Crippen molar-refractivity contribution in [3.8, 4) is 11.8 Å². The van der Waals surface area contributed by atoms with E-state index in [0.717, 1.165) is 0 Å². The molecule has 0 aromatic heterocycles. The van der Waals surface area contributed by atoms with Gasteiger partial charge in [-0.2, -0.15) is 0 Å². The normalized spacial score (nSPS) is 11.0. The molecule has 1 unspecified atom stereocenters. The van der Waals surface area contributed by atoms with Gasteiger partial charge in [-0.3, -0.25) is 4.79 Å². The molecule has 0 heterocycles. The minimum Gasteiger partial charge on any atom is -0.468 e. The maximum absolute atomic E-state index is 10.5. The predicted molar refractivity (Wildman–Crippen MR) is 34.3 cm³/mol. The van der Waals surface area contributed by atoms with Gasteiger partial charge in [-0.1, -0.05) is 5.92 Å². The molecule has 0 aliphatic rings. The van der Waals surface area contributed by atoms with Crippen LogP contribution in [0.25, 0.3) is 0 Å². The van der Waals surface area contributed by atoms with Gasteiger partial charge in [-0.05, 0) is 6.92 Å². The van der Waals surface area contributed by atoms with Crippen molar-refractivity contribution in [1.29, 1.82) is 0 Å². The second kappa shape index (κ2) is 3.96. The van der Waals surface area contributed by atoms with Crippen molar-refractivity contribution >= 4 is 5.97 Å². The molecule has 0 aliphatic heterocycles. The number of ether oxygens (including phenoxy) is 1. The summed E-state index contributed by atoms with van der Waals surface area (Å²) in [5.41, 5.74) is 0. The predicted octanol–water partition coefficient (Wildman–Crippen LogP) is 0.633. The van der Waals surface area contributed by atoms with Crippen LogP contribution < -0.4 is 0 Å². The summed E-state index contributed by atoms with van der Waals surface area (Å²) in [6, 6.07) is 0. The van der Waals surface area contributed by atoms with Crippen LogP contribution in [0.2, 0.25) is 0 Å². The maximum atomic E-state index is 10.5. The molecule has 1 atom stereocenters. The third-order valence-electron chi connectivity index (χ3n) is 0.873. The SMILES string of the molecule is [CH2]C#CC(C)C(=O)OC. The van der Waals surface area contributed by atoms with Crippen molar-refractivity contribution in [3.63, 3.8) is 0 Å². The molecular weight excluding hydrogens is 116 g/mol. The van der Waals surface area contributed by atoms with Gasteiger partial charge in [-0.15, -0.1) is 5.92 Å². The summed E-state index contributed by atoms with van der Waals surface area (Å²) in [4.78, 5) is 10.5. The second-order valence-corrected chi connectivity index (χ2v) is 1.57. The highest BCUT2D eigenvalue weighted by Gasteiger charge is 2.07. The molecule has 0 saturated carbocycles. The molecule has 9 heavy (non-hydrogen) atoms. The number of esters is 1. The van der Waals surface area contributed by atoms with E-state index in [4.69, 9.17) is 0 Å². The minimum absolute atomic E-state index is 0.314. The largest absolute Gasteiger partial charge is 0.468 e. The molecule has 0 fully saturated rings. The zero-order valence-corrected chi connectivity index (χ0v) is 5.60. The third-order valence-corrected chi connectivity index (χ3v) is 0.873. The van der Waals surface area contributed by atoms with E-state index in [1.807, 2.05) is 0 Å². The topological polar surface area (TPSA) is 26.3 Å². The van der Waals surface area contributed by atoms with Crippen molar-refractivity contribution in [2.45, 2.75) is 6.92 Å². The maximum Gasteiger partial charge on any atom is 0.320 e. The zero-order valence-electron chi connectivity index (χ0n) is 5.60. The fraction of sp³-hybridized carbons (Fsp3) is 0.429. The summed E-state index contributed by atoms with van der Waals surface area (Å²) in [7, 11) is 1.34. The molecule has 0 aromatic carbocycles. The van der Waals surface area contributed by atoms with Crippen LogP contribution in [0.15, 0.2) is 0 Å². The molecule has 0 aromatic rings. The Morgan fingerprint density at radius 3 is 2.67 bits per heavy atom. The lowest BCUT2D eigenvalue weighted by Gasteiger charge is -1.98. The van der Waals surface area contributed by atoms with E-state index in [-0.39, 0.29) is 11.9 Å². The monoisotopic (exact) mass is 125 g/mol. The molecule has 0 spiro atoms. The van der Waals surface area contributed by atoms with Gasteiger partial charge >= 0.3 is 5.97 Å². The van der Waals surface area contributed by atoms with E-state index >= 15 is 0 Å². The minimum atomic E-state index is -0.354. The number of rotatable bonds is 1. The number of carbonyl (C=O) groups excluding carboxylic acids is 1. The molecule has 0 rings (SSSR count). The summed E-state index contributed by atoms with van der Waals surface area (Å²) in [6.45, 7) is 4.94. The van der Waals surface area contributed by atoms with Gasteiger partial charge in [-0.25, -0.2) is 0 Å². The first-order valence-corrected chi connectivity index (χ1v) is 2.57. The van der Waals surface area contributed by atoms with E-state index < -0.39 is 0 Å². The van der Waals surface area contributed by atoms with Gasteiger partial charge < -0.3 is 4.74 Å². The summed E-state index contributed by atoms with van der Waals surface area (Å²) < 4.78 is 4.40. The molecule has 2 nitrogen and oxygen atoms in total. The first kappa shape index (κ1) is 8.03.